The van der Waals surface area contributed by atoms with E-state index in [0.29, 0.717) is 0 Å². The number of rotatable bonds is 5. The average molecular weight is 210 g/mol. The molecule has 84 valence electrons. The summed E-state index contributed by atoms with van der Waals surface area (Å²) >= 11 is 0. The van der Waals surface area contributed by atoms with E-state index in [1.807, 2.05) is 19.9 Å². The molecule has 0 aliphatic heterocycles. The van der Waals surface area contributed by atoms with Crippen molar-refractivity contribution in [3.05, 3.63) is 35.1 Å². The van der Waals surface area contributed by atoms with E-state index >= 15 is 0 Å². The summed E-state index contributed by atoms with van der Waals surface area (Å²) in [4.78, 5) is 0. The summed E-state index contributed by atoms with van der Waals surface area (Å²) in [5.74, 6) is -0.153. The minimum Gasteiger partial charge on any atom is -0.379 e. The van der Waals surface area contributed by atoms with Gasteiger partial charge in [-0.3, -0.25) is 0 Å². The van der Waals surface area contributed by atoms with Crippen LogP contribution < -0.4 is 0 Å². The van der Waals surface area contributed by atoms with Gasteiger partial charge < -0.3 is 4.74 Å². The average Bonchev–Trinajstić information content (AvgIpc) is 2.20. The maximum absolute atomic E-state index is 13.0. The zero-order valence-electron chi connectivity index (χ0n) is 9.72. The van der Waals surface area contributed by atoms with Gasteiger partial charge in [0.15, 0.2) is 0 Å². The highest BCUT2D eigenvalue weighted by molar-refractivity contribution is 5.26. The first-order valence-electron chi connectivity index (χ1n) is 5.50. The molecule has 0 amide bonds. The molecule has 15 heavy (non-hydrogen) atoms. The summed E-state index contributed by atoms with van der Waals surface area (Å²) < 4.78 is 18.4. The van der Waals surface area contributed by atoms with Crippen molar-refractivity contribution in [2.24, 2.45) is 0 Å². The van der Waals surface area contributed by atoms with Crippen LogP contribution in [0.2, 0.25) is 0 Å². The Hall–Kier alpha value is -0.890. The predicted octanol–water partition coefficient (Wildman–Crippen LogP) is 3.49. The van der Waals surface area contributed by atoms with Crippen LogP contribution in [-0.4, -0.2) is 12.7 Å². The Morgan fingerprint density at radius 2 is 2.13 bits per heavy atom. The van der Waals surface area contributed by atoms with E-state index in [0.717, 1.165) is 30.6 Å². The smallest absolute Gasteiger partial charge is 0.123 e. The molecular weight excluding hydrogens is 191 g/mol. The van der Waals surface area contributed by atoms with Crippen LogP contribution in [0.15, 0.2) is 18.2 Å². The SMILES string of the molecule is CCOC(C)CCc1cc(F)ccc1C. The molecule has 0 saturated heterocycles. The molecule has 1 aromatic rings. The molecular formula is C13H19FO. The van der Waals surface area contributed by atoms with Crippen LogP contribution in [0.3, 0.4) is 0 Å². The second kappa shape index (κ2) is 5.86. The monoisotopic (exact) mass is 210 g/mol. The van der Waals surface area contributed by atoms with Gasteiger partial charge in [0.25, 0.3) is 0 Å². The van der Waals surface area contributed by atoms with Crippen molar-refractivity contribution in [2.45, 2.75) is 39.7 Å². The molecule has 0 heterocycles. The lowest BCUT2D eigenvalue weighted by Crippen LogP contribution is -2.09. The Kier molecular flexibility index (Phi) is 4.76. The van der Waals surface area contributed by atoms with Gasteiger partial charge in [-0.2, -0.15) is 0 Å². The molecule has 1 nitrogen and oxygen atoms in total. The lowest BCUT2D eigenvalue weighted by atomic mass is 10.0. The fourth-order valence-electron chi connectivity index (χ4n) is 1.64. The van der Waals surface area contributed by atoms with E-state index in [2.05, 4.69) is 6.92 Å². The lowest BCUT2D eigenvalue weighted by Gasteiger charge is -2.12. The first-order valence-corrected chi connectivity index (χ1v) is 5.50. The molecule has 0 saturated carbocycles. The van der Waals surface area contributed by atoms with Crippen LogP contribution in [0.1, 0.15) is 31.4 Å². The Balaban J connectivity index is 2.53. The normalized spacial score (nSPS) is 12.8. The van der Waals surface area contributed by atoms with Crippen LogP contribution in [-0.2, 0) is 11.2 Å². The van der Waals surface area contributed by atoms with Crippen LogP contribution in [0.4, 0.5) is 4.39 Å². The molecule has 1 unspecified atom stereocenters. The van der Waals surface area contributed by atoms with Crippen LogP contribution in [0.25, 0.3) is 0 Å². The molecule has 0 N–H and O–H groups in total. The van der Waals surface area contributed by atoms with E-state index in [1.165, 1.54) is 6.07 Å². The minimum atomic E-state index is -0.153. The fraction of sp³-hybridized carbons (Fsp3) is 0.538. The molecule has 1 rings (SSSR count). The van der Waals surface area contributed by atoms with Gasteiger partial charge in [0.05, 0.1) is 6.10 Å². The second-order valence-corrected chi connectivity index (χ2v) is 3.88. The van der Waals surface area contributed by atoms with Gasteiger partial charge in [-0.15, -0.1) is 0 Å². The molecule has 1 atom stereocenters. The predicted molar refractivity (Wildman–Crippen MR) is 60.5 cm³/mol. The molecule has 0 aliphatic rings. The first kappa shape index (κ1) is 12.2. The first-order chi connectivity index (χ1) is 7.13. The number of ether oxygens (including phenoxy) is 1. The van der Waals surface area contributed by atoms with Crippen molar-refractivity contribution in [1.82, 2.24) is 0 Å². The van der Waals surface area contributed by atoms with E-state index in [-0.39, 0.29) is 11.9 Å². The molecule has 2 heteroatoms. The van der Waals surface area contributed by atoms with Crippen molar-refractivity contribution in [2.75, 3.05) is 6.61 Å². The van der Waals surface area contributed by atoms with Gasteiger partial charge in [-0.1, -0.05) is 6.07 Å². The van der Waals surface area contributed by atoms with E-state index < -0.39 is 0 Å². The Bertz CT molecular complexity index is 309. The van der Waals surface area contributed by atoms with E-state index in [4.69, 9.17) is 4.74 Å². The van der Waals surface area contributed by atoms with Crippen molar-refractivity contribution in [3.8, 4) is 0 Å². The largest absolute Gasteiger partial charge is 0.379 e. The van der Waals surface area contributed by atoms with Crippen LogP contribution in [0, 0.1) is 12.7 Å². The number of halogens is 1. The van der Waals surface area contributed by atoms with Gasteiger partial charge in [-0.05, 0) is 56.9 Å². The Morgan fingerprint density at radius 1 is 1.40 bits per heavy atom. The summed E-state index contributed by atoms with van der Waals surface area (Å²) in [6, 6.07) is 4.95. The third-order valence-corrected chi connectivity index (χ3v) is 2.58. The van der Waals surface area contributed by atoms with Crippen molar-refractivity contribution in [1.29, 1.82) is 0 Å². The van der Waals surface area contributed by atoms with Crippen LogP contribution in [0.5, 0.6) is 0 Å². The molecule has 0 fully saturated rings. The number of benzene rings is 1. The second-order valence-electron chi connectivity index (χ2n) is 3.88. The zero-order valence-corrected chi connectivity index (χ0v) is 9.72. The molecule has 0 aliphatic carbocycles. The minimum absolute atomic E-state index is 0.153. The lowest BCUT2D eigenvalue weighted by molar-refractivity contribution is 0.0705. The van der Waals surface area contributed by atoms with Gasteiger partial charge in [-0.25, -0.2) is 4.39 Å². The highest BCUT2D eigenvalue weighted by Gasteiger charge is 2.04. The Morgan fingerprint density at radius 3 is 2.80 bits per heavy atom. The van der Waals surface area contributed by atoms with Gasteiger partial charge in [0.2, 0.25) is 0 Å². The summed E-state index contributed by atoms with van der Waals surface area (Å²) in [5.41, 5.74) is 2.24. The molecule has 0 radical (unpaired) electrons. The summed E-state index contributed by atoms with van der Waals surface area (Å²) in [6.07, 6.45) is 2.07. The topological polar surface area (TPSA) is 9.23 Å². The van der Waals surface area contributed by atoms with Gasteiger partial charge >= 0.3 is 0 Å². The summed E-state index contributed by atoms with van der Waals surface area (Å²) in [7, 11) is 0. The maximum Gasteiger partial charge on any atom is 0.123 e. The standard InChI is InChI=1S/C13H19FO/c1-4-15-11(3)6-7-12-9-13(14)8-5-10(12)2/h5,8-9,11H,4,6-7H2,1-3H3. The van der Waals surface area contributed by atoms with Crippen LogP contribution >= 0.6 is 0 Å². The third-order valence-electron chi connectivity index (χ3n) is 2.58. The highest BCUT2D eigenvalue weighted by atomic mass is 19.1. The van der Waals surface area contributed by atoms with Crippen molar-refractivity contribution in [3.63, 3.8) is 0 Å². The zero-order chi connectivity index (χ0) is 11.3. The quantitative estimate of drug-likeness (QED) is 0.722. The molecule has 1 aromatic carbocycles. The fourth-order valence-corrected chi connectivity index (χ4v) is 1.64. The van der Waals surface area contributed by atoms with Crippen molar-refractivity contribution >= 4 is 0 Å². The number of hydrogen-bond acceptors (Lipinski definition) is 1. The molecule has 0 bridgehead atoms. The molecule has 0 aromatic heterocycles. The van der Waals surface area contributed by atoms with Crippen molar-refractivity contribution < 1.29 is 9.13 Å². The number of aryl methyl sites for hydroxylation is 2. The third kappa shape index (κ3) is 4.00. The van der Waals surface area contributed by atoms with E-state index in [9.17, 15) is 4.39 Å². The highest BCUT2D eigenvalue weighted by Crippen LogP contribution is 2.14. The number of hydrogen-bond donors (Lipinski definition) is 0. The van der Waals surface area contributed by atoms with E-state index in [1.54, 1.807) is 6.07 Å². The summed E-state index contributed by atoms with van der Waals surface area (Å²) in [5, 5.41) is 0. The summed E-state index contributed by atoms with van der Waals surface area (Å²) in [6.45, 7) is 6.80. The molecule has 0 spiro atoms. The maximum atomic E-state index is 13.0. The Labute approximate surface area is 91.3 Å². The van der Waals surface area contributed by atoms with Gasteiger partial charge in [0.1, 0.15) is 5.82 Å². The van der Waals surface area contributed by atoms with Gasteiger partial charge in [0, 0.05) is 6.61 Å².